The summed E-state index contributed by atoms with van der Waals surface area (Å²) in [6.07, 6.45) is 3.81. The standard InChI is InChI=1S/C19H14FNO2/c1-21-18-11-13(8-9-17(18)20)15-5-3-4-12-6-7-14(10-16(12)15)19(22)23-2/h5-11H,3-4H2,2H3. The van der Waals surface area contributed by atoms with Crippen molar-refractivity contribution in [2.24, 2.45) is 0 Å². The van der Waals surface area contributed by atoms with Crippen LogP contribution in [0.1, 0.15) is 33.5 Å². The molecule has 0 heterocycles. The molecule has 3 nitrogen and oxygen atoms in total. The van der Waals surface area contributed by atoms with Crippen LogP contribution in [-0.2, 0) is 11.2 Å². The van der Waals surface area contributed by atoms with E-state index in [4.69, 9.17) is 11.3 Å². The number of nitrogens with zero attached hydrogens (tertiary/aromatic N) is 1. The SMILES string of the molecule is [C-]#[N+]c1cc(C2=CCCc3ccc(C(=O)OC)cc32)ccc1F. The van der Waals surface area contributed by atoms with Crippen molar-refractivity contribution >= 4 is 17.2 Å². The van der Waals surface area contributed by atoms with Crippen molar-refractivity contribution in [3.63, 3.8) is 0 Å². The first kappa shape index (κ1) is 15.0. The minimum atomic E-state index is -0.524. The Morgan fingerprint density at radius 3 is 2.83 bits per heavy atom. The van der Waals surface area contributed by atoms with Crippen LogP contribution in [0.5, 0.6) is 0 Å². The summed E-state index contributed by atoms with van der Waals surface area (Å²) in [5.74, 6) is -0.914. The summed E-state index contributed by atoms with van der Waals surface area (Å²) in [7, 11) is 1.35. The molecule has 0 fully saturated rings. The monoisotopic (exact) mass is 307 g/mol. The molecule has 0 spiro atoms. The Morgan fingerprint density at radius 2 is 2.09 bits per heavy atom. The number of ether oxygens (including phenoxy) is 1. The van der Waals surface area contributed by atoms with E-state index >= 15 is 0 Å². The number of halogens is 1. The normalized spacial score (nSPS) is 12.8. The molecule has 0 N–H and O–H groups in total. The molecular formula is C19H14FNO2. The van der Waals surface area contributed by atoms with Crippen LogP contribution in [0.3, 0.4) is 0 Å². The number of hydrogen-bond acceptors (Lipinski definition) is 2. The van der Waals surface area contributed by atoms with Gasteiger partial charge in [0.1, 0.15) is 5.82 Å². The topological polar surface area (TPSA) is 30.7 Å². The van der Waals surface area contributed by atoms with Crippen molar-refractivity contribution < 1.29 is 13.9 Å². The van der Waals surface area contributed by atoms with Gasteiger partial charge in [-0.05, 0) is 59.4 Å². The molecule has 0 bridgehead atoms. The fraction of sp³-hybridized carbons (Fsp3) is 0.158. The fourth-order valence-electron chi connectivity index (χ4n) is 2.81. The van der Waals surface area contributed by atoms with E-state index in [9.17, 15) is 9.18 Å². The summed E-state index contributed by atoms with van der Waals surface area (Å²) in [6.45, 7) is 7.06. The summed E-state index contributed by atoms with van der Waals surface area (Å²) >= 11 is 0. The van der Waals surface area contributed by atoms with Gasteiger partial charge in [-0.2, -0.15) is 0 Å². The third-order valence-corrected chi connectivity index (χ3v) is 3.96. The molecule has 23 heavy (non-hydrogen) atoms. The smallest absolute Gasteiger partial charge is 0.337 e. The van der Waals surface area contributed by atoms with Crippen LogP contribution in [0, 0.1) is 12.4 Å². The van der Waals surface area contributed by atoms with Gasteiger partial charge in [-0.25, -0.2) is 14.0 Å². The lowest BCUT2D eigenvalue weighted by Gasteiger charge is -2.19. The van der Waals surface area contributed by atoms with Gasteiger partial charge in [0.2, 0.25) is 5.69 Å². The number of aryl methyl sites for hydroxylation is 1. The molecule has 0 saturated heterocycles. The number of rotatable bonds is 2. The molecule has 114 valence electrons. The molecule has 0 unspecified atom stereocenters. The van der Waals surface area contributed by atoms with Crippen molar-refractivity contribution in [2.45, 2.75) is 12.8 Å². The Kier molecular flexibility index (Phi) is 3.94. The second-order valence-corrected chi connectivity index (χ2v) is 5.30. The van der Waals surface area contributed by atoms with E-state index in [2.05, 4.69) is 10.9 Å². The fourth-order valence-corrected chi connectivity index (χ4v) is 2.81. The number of methoxy groups -OCH3 is 1. The van der Waals surface area contributed by atoms with E-state index in [0.29, 0.717) is 5.56 Å². The highest BCUT2D eigenvalue weighted by molar-refractivity contribution is 5.92. The lowest BCUT2D eigenvalue weighted by Crippen LogP contribution is -2.06. The van der Waals surface area contributed by atoms with E-state index in [1.807, 2.05) is 6.07 Å². The summed E-state index contributed by atoms with van der Waals surface area (Å²) in [4.78, 5) is 15.0. The quantitative estimate of drug-likeness (QED) is 0.602. The zero-order valence-electron chi connectivity index (χ0n) is 12.6. The Labute approximate surface area is 133 Å². The molecule has 0 amide bonds. The van der Waals surface area contributed by atoms with Gasteiger partial charge in [0.05, 0.1) is 19.2 Å². The van der Waals surface area contributed by atoms with Gasteiger partial charge in [0.15, 0.2) is 0 Å². The maximum absolute atomic E-state index is 13.6. The predicted octanol–water partition coefficient (Wildman–Crippen LogP) is 4.54. The average Bonchev–Trinajstić information content (AvgIpc) is 2.60. The van der Waals surface area contributed by atoms with Gasteiger partial charge in [0, 0.05) is 0 Å². The van der Waals surface area contributed by atoms with Crippen LogP contribution in [0.4, 0.5) is 10.1 Å². The number of carbonyl (C=O) groups is 1. The van der Waals surface area contributed by atoms with Crippen molar-refractivity contribution in [2.75, 3.05) is 7.11 Å². The molecule has 0 saturated carbocycles. The van der Waals surface area contributed by atoms with Crippen molar-refractivity contribution in [3.8, 4) is 0 Å². The molecule has 0 aliphatic heterocycles. The molecule has 2 aromatic carbocycles. The lowest BCUT2D eigenvalue weighted by atomic mass is 9.86. The summed E-state index contributed by atoms with van der Waals surface area (Å²) in [5, 5.41) is 0. The molecule has 1 aliphatic rings. The number of carbonyl (C=O) groups excluding carboxylic acids is 1. The number of esters is 1. The van der Waals surface area contributed by atoms with Crippen LogP contribution < -0.4 is 0 Å². The Morgan fingerprint density at radius 1 is 1.26 bits per heavy atom. The first-order valence-corrected chi connectivity index (χ1v) is 7.23. The molecule has 1 aliphatic carbocycles. The van der Waals surface area contributed by atoms with Crippen molar-refractivity contribution in [1.82, 2.24) is 0 Å². The Balaban J connectivity index is 2.11. The predicted molar refractivity (Wildman–Crippen MR) is 85.8 cm³/mol. The molecule has 2 aromatic rings. The van der Waals surface area contributed by atoms with E-state index in [1.165, 1.54) is 13.2 Å². The van der Waals surface area contributed by atoms with Gasteiger partial charge in [-0.1, -0.05) is 18.2 Å². The van der Waals surface area contributed by atoms with E-state index in [-0.39, 0.29) is 5.69 Å². The van der Waals surface area contributed by atoms with E-state index in [0.717, 1.165) is 35.1 Å². The molecule has 0 aromatic heterocycles. The Hall–Kier alpha value is -2.93. The summed E-state index contributed by atoms with van der Waals surface area (Å²) in [6, 6.07) is 10.00. The van der Waals surface area contributed by atoms with Crippen molar-refractivity contribution in [3.05, 3.63) is 82.0 Å². The maximum atomic E-state index is 13.6. The van der Waals surface area contributed by atoms with E-state index in [1.54, 1.807) is 24.3 Å². The lowest BCUT2D eigenvalue weighted by molar-refractivity contribution is 0.0600. The highest BCUT2D eigenvalue weighted by Gasteiger charge is 2.18. The zero-order valence-corrected chi connectivity index (χ0v) is 12.6. The first-order chi connectivity index (χ1) is 11.1. The van der Waals surface area contributed by atoms with E-state index < -0.39 is 11.8 Å². The van der Waals surface area contributed by atoms with Gasteiger partial charge in [-0.3, -0.25) is 0 Å². The van der Waals surface area contributed by atoms with Gasteiger partial charge < -0.3 is 4.74 Å². The summed E-state index contributed by atoms with van der Waals surface area (Å²) in [5.41, 5.74) is 4.24. The van der Waals surface area contributed by atoms with Crippen molar-refractivity contribution in [1.29, 1.82) is 0 Å². The largest absolute Gasteiger partial charge is 0.465 e. The second kappa shape index (κ2) is 6.05. The van der Waals surface area contributed by atoms with Crippen LogP contribution in [0.2, 0.25) is 0 Å². The number of benzene rings is 2. The highest BCUT2D eigenvalue weighted by Crippen LogP contribution is 2.34. The third-order valence-electron chi connectivity index (χ3n) is 3.96. The third kappa shape index (κ3) is 2.74. The maximum Gasteiger partial charge on any atom is 0.337 e. The minimum Gasteiger partial charge on any atom is -0.465 e. The number of hydrogen-bond donors (Lipinski definition) is 0. The van der Waals surface area contributed by atoms with Crippen LogP contribution >= 0.6 is 0 Å². The van der Waals surface area contributed by atoms with Gasteiger partial charge in [0.25, 0.3) is 0 Å². The second-order valence-electron chi connectivity index (χ2n) is 5.30. The first-order valence-electron chi connectivity index (χ1n) is 7.23. The molecule has 3 rings (SSSR count). The molecule has 0 atom stereocenters. The van der Waals surface area contributed by atoms with Crippen LogP contribution in [0.15, 0.2) is 42.5 Å². The van der Waals surface area contributed by atoms with Gasteiger partial charge >= 0.3 is 5.97 Å². The molecule has 4 heteroatoms. The van der Waals surface area contributed by atoms with Crippen LogP contribution in [-0.4, -0.2) is 13.1 Å². The minimum absolute atomic E-state index is 0.000328. The van der Waals surface area contributed by atoms with Crippen LogP contribution in [0.25, 0.3) is 10.4 Å². The number of allylic oxidation sites excluding steroid dienone is 1. The molecular weight excluding hydrogens is 293 g/mol. The zero-order chi connectivity index (χ0) is 16.4. The Bertz CT molecular complexity index is 862. The molecule has 0 radical (unpaired) electrons. The number of fused-ring (bicyclic) bond motifs is 1. The average molecular weight is 307 g/mol. The van der Waals surface area contributed by atoms with Gasteiger partial charge in [-0.15, -0.1) is 0 Å². The highest BCUT2D eigenvalue weighted by atomic mass is 19.1. The summed E-state index contributed by atoms with van der Waals surface area (Å²) < 4.78 is 18.3.